The summed E-state index contributed by atoms with van der Waals surface area (Å²) in [5.41, 5.74) is 0. The van der Waals surface area contributed by atoms with E-state index in [-0.39, 0.29) is 30.2 Å². The molecule has 2 aliphatic rings. The van der Waals surface area contributed by atoms with Crippen LogP contribution >= 0.6 is 0 Å². The first kappa shape index (κ1) is 11.6. The number of esters is 1. The smallest absolute Gasteiger partial charge is 0.308 e. The van der Waals surface area contributed by atoms with Crippen molar-refractivity contribution in [1.29, 1.82) is 0 Å². The first-order valence-electron chi connectivity index (χ1n) is 6.07. The normalized spacial score (nSPS) is 33.6. The third kappa shape index (κ3) is 2.26. The van der Waals surface area contributed by atoms with E-state index in [0.717, 1.165) is 25.7 Å². The van der Waals surface area contributed by atoms with Gasteiger partial charge in [-0.05, 0) is 19.8 Å². The zero-order valence-corrected chi connectivity index (χ0v) is 9.61. The number of ketones is 1. The molecule has 0 amide bonds. The fourth-order valence-electron chi connectivity index (χ4n) is 2.62. The summed E-state index contributed by atoms with van der Waals surface area (Å²) < 4.78 is 10.5. The van der Waals surface area contributed by atoms with Gasteiger partial charge in [-0.1, -0.05) is 12.8 Å². The third-order valence-corrected chi connectivity index (χ3v) is 3.38. The number of hydrogen-bond donors (Lipinski definition) is 0. The van der Waals surface area contributed by atoms with E-state index in [1.165, 1.54) is 0 Å². The quantitative estimate of drug-likeness (QED) is 0.684. The predicted molar refractivity (Wildman–Crippen MR) is 56.9 cm³/mol. The summed E-state index contributed by atoms with van der Waals surface area (Å²) in [6.07, 6.45) is 3.69. The van der Waals surface area contributed by atoms with Gasteiger partial charge in [0, 0.05) is 5.92 Å². The molecule has 4 nitrogen and oxygen atoms in total. The first-order valence-corrected chi connectivity index (χ1v) is 6.07. The molecule has 1 aliphatic heterocycles. The van der Waals surface area contributed by atoms with Crippen molar-refractivity contribution < 1.29 is 19.1 Å². The van der Waals surface area contributed by atoms with E-state index in [0.29, 0.717) is 6.61 Å². The van der Waals surface area contributed by atoms with Gasteiger partial charge in [0.2, 0.25) is 0 Å². The Balaban J connectivity index is 1.92. The minimum atomic E-state index is -0.549. The standard InChI is InChI=1S/C12H18O4/c1-2-15-11(13)7-10-12(14)8-5-3-4-6-9(8)16-10/h8-10H,2-7H2,1H3. The lowest BCUT2D eigenvalue weighted by atomic mass is 9.84. The highest BCUT2D eigenvalue weighted by Crippen LogP contribution is 2.35. The summed E-state index contributed by atoms with van der Waals surface area (Å²) in [6, 6.07) is 0. The average molecular weight is 226 g/mol. The Kier molecular flexibility index (Phi) is 3.59. The summed E-state index contributed by atoms with van der Waals surface area (Å²) in [4.78, 5) is 23.2. The summed E-state index contributed by atoms with van der Waals surface area (Å²) in [6.45, 7) is 2.11. The van der Waals surface area contributed by atoms with Crippen molar-refractivity contribution in [3.8, 4) is 0 Å². The van der Waals surface area contributed by atoms with Gasteiger partial charge in [0.15, 0.2) is 5.78 Å². The molecule has 4 heteroatoms. The second-order valence-corrected chi connectivity index (χ2v) is 4.47. The number of Topliss-reactive ketones (excluding diaryl/α,β-unsaturated/α-hetero) is 1. The molecule has 1 heterocycles. The van der Waals surface area contributed by atoms with Crippen molar-refractivity contribution in [3.05, 3.63) is 0 Å². The van der Waals surface area contributed by atoms with Crippen LogP contribution in [0.3, 0.4) is 0 Å². The van der Waals surface area contributed by atoms with E-state index in [1.807, 2.05) is 0 Å². The minimum absolute atomic E-state index is 0.0353. The van der Waals surface area contributed by atoms with Gasteiger partial charge < -0.3 is 9.47 Å². The molecule has 1 saturated heterocycles. The van der Waals surface area contributed by atoms with Crippen molar-refractivity contribution in [2.24, 2.45) is 5.92 Å². The average Bonchev–Trinajstić information content (AvgIpc) is 2.57. The number of carbonyl (C=O) groups is 2. The summed E-state index contributed by atoms with van der Waals surface area (Å²) in [5.74, 6) is -0.189. The van der Waals surface area contributed by atoms with E-state index >= 15 is 0 Å². The van der Waals surface area contributed by atoms with E-state index in [4.69, 9.17) is 9.47 Å². The Bertz CT molecular complexity index is 287. The van der Waals surface area contributed by atoms with Crippen molar-refractivity contribution in [3.63, 3.8) is 0 Å². The number of hydrogen-bond acceptors (Lipinski definition) is 4. The molecule has 2 fully saturated rings. The van der Waals surface area contributed by atoms with Crippen molar-refractivity contribution in [2.75, 3.05) is 6.61 Å². The predicted octanol–water partition coefficient (Wildman–Crippen LogP) is 1.47. The summed E-state index contributed by atoms with van der Waals surface area (Å²) in [7, 11) is 0. The highest BCUT2D eigenvalue weighted by molar-refractivity contribution is 5.91. The van der Waals surface area contributed by atoms with Crippen LogP contribution in [0.25, 0.3) is 0 Å². The molecule has 2 rings (SSSR count). The maximum absolute atomic E-state index is 11.9. The lowest BCUT2D eigenvalue weighted by Gasteiger charge is -2.21. The maximum Gasteiger partial charge on any atom is 0.308 e. The van der Waals surface area contributed by atoms with Gasteiger partial charge in [-0.15, -0.1) is 0 Å². The van der Waals surface area contributed by atoms with Crippen molar-refractivity contribution in [1.82, 2.24) is 0 Å². The SMILES string of the molecule is CCOC(=O)CC1OC2CCCCC2C1=O. The maximum atomic E-state index is 11.9. The van der Waals surface area contributed by atoms with Crippen LogP contribution in [0.15, 0.2) is 0 Å². The van der Waals surface area contributed by atoms with Crippen molar-refractivity contribution in [2.45, 2.75) is 51.2 Å². The van der Waals surface area contributed by atoms with Crippen LogP contribution in [0.2, 0.25) is 0 Å². The van der Waals surface area contributed by atoms with Crippen LogP contribution in [0.5, 0.6) is 0 Å². The van der Waals surface area contributed by atoms with E-state index in [9.17, 15) is 9.59 Å². The molecule has 0 aromatic carbocycles. The zero-order valence-electron chi connectivity index (χ0n) is 9.61. The zero-order chi connectivity index (χ0) is 11.5. The van der Waals surface area contributed by atoms with Gasteiger partial charge in [-0.2, -0.15) is 0 Å². The van der Waals surface area contributed by atoms with Crippen LogP contribution in [-0.2, 0) is 19.1 Å². The Hall–Kier alpha value is -0.900. The van der Waals surface area contributed by atoms with Crippen molar-refractivity contribution >= 4 is 11.8 Å². The molecule has 0 bridgehead atoms. The summed E-state index contributed by atoms with van der Waals surface area (Å²) >= 11 is 0. The highest BCUT2D eigenvalue weighted by atomic mass is 16.5. The highest BCUT2D eigenvalue weighted by Gasteiger charge is 2.44. The number of rotatable bonds is 3. The largest absolute Gasteiger partial charge is 0.466 e. The molecule has 0 aromatic heterocycles. The Morgan fingerprint density at radius 3 is 2.88 bits per heavy atom. The molecule has 0 radical (unpaired) electrons. The van der Waals surface area contributed by atoms with Crippen LogP contribution in [0, 0.1) is 5.92 Å². The monoisotopic (exact) mass is 226 g/mol. The molecule has 16 heavy (non-hydrogen) atoms. The number of ether oxygens (including phenoxy) is 2. The number of carbonyl (C=O) groups excluding carboxylic acids is 2. The molecule has 3 atom stereocenters. The molecule has 3 unspecified atom stereocenters. The topological polar surface area (TPSA) is 52.6 Å². The fraction of sp³-hybridized carbons (Fsp3) is 0.833. The van der Waals surface area contributed by atoms with Crippen LogP contribution in [-0.4, -0.2) is 30.6 Å². The molecule has 0 spiro atoms. The lowest BCUT2D eigenvalue weighted by molar-refractivity contribution is -0.148. The van der Waals surface area contributed by atoms with E-state index in [1.54, 1.807) is 6.92 Å². The molecule has 0 aromatic rings. The second-order valence-electron chi connectivity index (χ2n) is 4.47. The number of fused-ring (bicyclic) bond motifs is 1. The minimum Gasteiger partial charge on any atom is -0.466 e. The molecule has 1 saturated carbocycles. The van der Waals surface area contributed by atoms with Gasteiger partial charge in [-0.3, -0.25) is 9.59 Å². The summed E-state index contributed by atoms with van der Waals surface area (Å²) in [5, 5.41) is 0. The molecule has 0 N–H and O–H groups in total. The van der Waals surface area contributed by atoms with Gasteiger partial charge in [0.25, 0.3) is 0 Å². The van der Waals surface area contributed by atoms with Gasteiger partial charge >= 0.3 is 5.97 Å². The third-order valence-electron chi connectivity index (χ3n) is 3.38. The molecule has 1 aliphatic carbocycles. The molecule has 90 valence electrons. The van der Waals surface area contributed by atoms with Crippen LogP contribution in [0.4, 0.5) is 0 Å². The lowest BCUT2D eigenvalue weighted by Crippen LogP contribution is -2.26. The Morgan fingerprint density at radius 2 is 2.19 bits per heavy atom. The molecular weight excluding hydrogens is 208 g/mol. The van der Waals surface area contributed by atoms with Gasteiger partial charge in [0.05, 0.1) is 19.1 Å². The second kappa shape index (κ2) is 4.95. The Morgan fingerprint density at radius 1 is 1.44 bits per heavy atom. The fourth-order valence-corrected chi connectivity index (χ4v) is 2.62. The van der Waals surface area contributed by atoms with Crippen LogP contribution < -0.4 is 0 Å². The van der Waals surface area contributed by atoms with Gasteiger partial charge in [0.1, 0.15) is 6.10 Å². The van der Waals surface area contributed by atoms with E-state index in [2.05, 4.69) is 0 Å². The van der Waals surface area contributed by atoms with Gasteiger partial charge in [-0.25, -0.2) is 0 Å². The van der Waals surface area contributed by atoms with Crippen LogP contribution in [0.1, 0.15) is 39.0 Å². The van der Waals surface area contributed by atoms with E-state index < -0.39 is 6.10 Å². The Labute approximate surface area is 95.3 Å². The first-order chi connectivity index (χ1) is 7.72. The molecular formula is C12H18O4.